The first-order valence-electron chi connectivity index (χ1n) is 18.3. The molecule has 0 N–H and O–H groups in total. The van der Waals surface area contributed by atoms with Crippen LogP contribution in [0, 0.1) is 6.92 Å². The molecular formula is C50H38N2O2. The number of benzene rings is 8. The van der Waals surface area contributed by atoms with Gasteiger partial charge in [-0.2, -0.15) is 0 Å². The van der Waals surface area contributed by atoms with Gasteiger partial charge in [-0.25, -0.2) is 0 Å². The van der Waals surface area contributed by atoms with Crippen molar-refractivity contribution >= 4 is 68.2 Å². The minimum absolute atomic E-state index is 0.314. The van der Waals surface area contributed by atoms with Gasteiger partial charge in [-0.3, -0.25) is 9.59 Å². The molecule has 0 fully saturated rings. The number of hydrogen-bond acceptors (Lipinski definition) is 4. The third-order valence-electron chi connectivity index (χ3n) is 11.0. The third-order valence-corrected chi connectivity index (χ3v) is 11.0. The van der Waals surface area contributed by atoms with Crippen LogP contribution in [0.3, 0.4) is 0 Å². The predicted octanol–water partition coefficient (Wildman–Crippen LogP) is 13.2. The maximum Gasteiger partial charge on any atom is 0.150 e. The molecule has 0 aliphatic heterocycles. The second-order valence-corrected chi connectivity index (χ2v) is 14.7. The number of hydrogen-bond donors (Lipinski definition) is 0. The van der Waals surface area contributed by atoms with Crippen LogP contribution in [0.5, 0.6) is 0 Å². The third kappa shape index (κ3) is 5.46. The molecule has 54 heavy (non-hydrogen) atoms. The average Bonchev–Trinajstić information content (AvgIpc) is 3.43. The highest BCUT2D eigenvalue weighted by molar-refractivity contribution is 6.01. The van der Waals surface area contributed by atoms with Crippen molar-refractivity contribution in [3.63, 3.8) is 0 Å². The Bertz CT molecular complexity index is 2740. The minimum Gasteiger partial charge on any atom is -0.310 e. The molecule has 0 saturated heterocycles. The summed E-state index contributed by atoms with van der Waals surface area (Å²) >= 11 is 0. The molecule has 8 aromatic rings. The summed E-state index contributed by atoms with van der Waals surface area (Å²) in [6.45, 7) is 6.75. The second kappa shape index (κ2) is 13.0. The average molecular weight is 699 g/mol. The van der Waals surface area contributed by atoms with Gasteiger partial charge < -0.3 is 9.80 Å². The van der Waals surface area contributed by atoms with Crippen LogP contribution in [-0.2, 0) is 5.41 Å². The van der Waals surface area contributed by atoms with E-state index in [4.69, 9.17) is 0 Å². The Kier molecular flexibility index (Phi) is 7.97. The number of anilines is 6. The smallest absolute Gasteiger partial charge is 0.150 e. The molecule has 4 nitrogen and oxygen atoms in total. The molecule has 0 unspecified atom stereocenters. The van der Waals surface area contributed by atoms with Gasteiger partial charge in [-0.05, 0) is 125 Å². The summed E-state index contributed by atoms with van der Waals surface area (Å²) in [6, 6.07) is 57.2. The Hall–Kier alpha value is -6.78. The van der Waals surface area contributed by atoms with Gasteiger partial charge in [0.2, 0.25) is 0 Å². The van der Waals surface area contributed by atoms with E-state index < -0.39 is 0 Å². The fourth-order valence-corrected chi connectivity index (χ4v) is 8.23. The molecule has 0 heterocycles. The van der Waals surface area contributed by atoms with E-state index in [0.29, 0.717) is 11.1 Å². The predicted molar refractivity (Wildman–Crippen MR) is 224 cm³/mol. The van der Waals surface area contributed by atoms with Crippen LogP contribution in [0.2, 0.25) is 0 Å². The molecule has 1 aliphatic rings. The summed E-state index contributed by atoms with van der Waals surface area (Å²) in [5.41, 5.74) is 13.4. The zero-order valence-corrected chi connectivity index (χ0v) is 30.5. The topological polar surface area (TPSA) is 40.6 Å². The van der Waals surface area contributed by atoms with Crippen molar-refractivity contribution < 1.29 is 9.59 Å². The fraction of sp³-hybridized carbons (Fsp3) is 0.0800. The molecular weight excluding hydrogens is 661 g/mol. The van der Waals surface area contributed by atoms with Crippen molar-refractivity contribution in [2.45, 2.75) is 26.2 Å². The lowest BCUT2D eigenvalue weighted by atomic mass is 9.82. The van der Waals surface area contributed by atoms with Crippen molar-refractivity contribution in [3.8, 4) is 11.1 Å². The summed E-state index contributed by atoms with van der Waals surface area (Å²) < 4.78 is 0. The van der Waals surface area contributed by atoms with E-state index in [1.807, 2.05) is 48.5 Å². The van der Waals surface area contributed by atoms with E-state index in [1.54, 1.807) is 0 Å². The maximum atomic E-state index is 11.6. The maximum absolute atomic E-state index is 11.6. The van der Waals surface area contributed by atoms with E-state index in [2.05, 4.69) is 146 Å². The fourth-order valence-electron chi connectivity index (χ4n) is 8.23. The number of aldehydes is 2. The van der Waals surface area contributed by atoms with Gasteiger partial charge in [0.05, 0.1) is 11.4 Å². The van der Waals surface area contributed by atoms with Gasteiger partial charge in [-0.1, -0.05) is 98.3 Å². The highest BCUT2D eigenvalue weighted by atomic mass is 16.1. The number of aryl methyl sites for hydroxylation is 1. The number of carbonyl (C=O) groups excluding carboxylic acids is 2. The molecule has 0 saturated carbocycles. The molecule has 260 valence electrons. The number of rotatable bonds is 8. The van der Waals surface area contributed by atoms with Gasteiger partial charge in [0.15, 0.2) is 0 Å². The van der Waals surface area contributed by atoms with Crippen LogP contribution in [0.1, 0.15) is 51.3 Å². The summed E-state index contributed by atoms with van der Waals surface area (Å²) in [6.07, 6.45) is 1.78. The Morgan fingerprint density at radius 2 is 0.907 bits per heavy atom. The Balaban J connectivity index is 1.19. The van der Waals surface area contributed by atoms with E-state index in [-0.39, 0.29) is 5.41 Å². The van der Waals surface area contributed by atoms with Crippen LogP contribution in [0.25, 0.3) is 32.7 Å². The monoisotopic (exact) mass is 698 g/mol. The van der Waals surface area contributed by atoms with Crippen molar-refractivity contribution in [1.82, 2.24) is 0 Å². The van der Waals surface area contributed by atoms with E-state index in [0.717, 1.165) is 62.9 Å². The standard InChI is InChI=1S/C50H38N2O2/c1-33-14-25-43-37(28-33)10-7-13-49(43)52(39-21-17-35(32-54)18-22-39)41-24-27-45-44-26-23-40(29-46(44)50(2,3)47(45)30-41)51(38-19-15-34(31-53)16-20-38)48-12-6-9-36-8-4-5-11-42(36)48/h4-32H,1-3H3. The zero-order chi connectivity index (χ0) is 37.0. The molecule has 0 atom stereocenters. The molecule has 0 spiro atoms. The Labute approximate surface area is 315 Å². The minimum atomic E-state index is -0.314. The van der Waals surface area contributed by atoms with Crippen molar-refractivity contribution in [1.29, 1.82) is 0 Å². The van der Waals surface area contributed by atoms with Crippen molar-refractivity contribution in [3.05, 3.63) is 192 Å². The first-order valence-corrected chi connectivity index (χ1v) is 18.3. The van der Waals surface area contributed by atoms with E-state index in [1.165, 1.54) is 33.2 Å². The largest absolute Gasteiger partial charge is 0.310 e. The van der Waals surface area contributed by atoms with E-state index in [9.17, 15) is 9.59 Å². The molecule has 8 aromatic carbocycles. The second-order valence-electron chi connectivity index (χ2n) is 14.7. The molecule has 0 amide bonds. The van der Waals surface area contributed by atoms with Crippen molar-refractivity contribution in [2.24, 2.45) is 0 Å². The van der Waals surface area contributed by atoms with Gasteiger partial charge in [0.1, 0.15) is 12.6 Å². The van der Waals surface area contributed by atoms with Crippen molar-refractivity contribution in [2.75, 3.05) is 9.80 Å². The van der Waals surface area contributed by atoms with Gasteiger partial charge in [-0.15, -0.1) is 0 Å². The summed E-state index contributed by atoms with van der Waals surface area (Å²) in [4.78, 5) is 27.8. The SMILES string of the molecule is Cc1ccc2c(N(c3ccc(C=O)cc3)c3ccc4c(c3)C(C)(C)c3cc(N(c5ccc(C=O)cc5)c5cccc6ccccc56)ccc3-4)cccc2c1. The molecule has 0 aromatic heterocycles. The van der Waals surface area contributed by atoms with Crippen LogP contribution in [0.4, 0.5) is 34.1 Å². The van der Waals surface area contributed by atoms with Crippen LogP contribution in [0.15, 0.2) is 164 Å². The Morgan fingerprint density at radius 3 is 1.44 bits per heavy atom. The molecule has 9 rings (SSSR count). The van der Waals surface area contributed by atoms with Gasteiger partial charge in [0.25, 0.3) is 0 Å². The molecule has 0 bridgehead atoms. The summed E-state index contributed by atoms with van der Waals surface area (Å²) in [7, 11) is 0. The van der Waals surface area contributed by atoms with Gasteiger partial charge in [0, 0.05) is 50.1 Å². The number of carbonyl (C=O) groups is 2. The summed E-state index contributed by atoms with van der Waals surface area (Å²) in [5.74, 6) is 0. The normalized spacial score (nSPS) is 12.6. The Morgan fingerprint density at radius 1 is 0.444 bits per heavy atom. The first-order chi connectivity index (χ1) is 26.3. The molecule has 4 heteroatoms. The lowest BCUT2D eigenvalue weighted by molar-refractivity contribution is 0.111. The highest BCUT2D eigenvalue weighted by Gasteiger charge is 2.37. The van der Waals surface area contributed by atoms with E-state index >= 15 is 0 Å². The summed E-state index contributed by atoms with van der Waals surface area (Å²) in [5, 5.41) is 4.65. The number of nitrogens with zero attached hydrogens (tertiary/aromatic N) is 2. The van der Waals surface area contributed by atoms with Crippen LogP contribution >= 0.6 is 0 Å². The first kappa shape index (κ1) is 33.1. The molecule has 1 aliphatic carbocycles. The van der Waals surface area contributed by atoms with Gasteiger partial charge >= 0.3 is 0 Å². The quantitative estimate of drug-likeness (QED) is 0.148. The van der Waals surface area contributed by atoms with Crippen LogP contribution < -0.4 is 9.80 Å². The molecule has 0 radical (unpaired) electrons. The van der Waals surface area contributed by atoms with Crippen LogP contribution in [-0.4, -0.2) is 12.6 Å². The zero-order valence-electron chi connectivity index (χ0n) is 30.5. The highest BCUT2D eigenvalue weighted by Crippen LogP contribution is 2.53. The number of fused-ring (bicyclic) bond motifs is 5. The lowest BCUT2D eigenvalue weighted by Crippen LogP contribution is -2.18. The lowest BCUT2D eigenvalue weighted by Gasteiger charge is -2.30.